The number of aromatic nitrogens is 2. The predicted octanol–water partition coefficient (Wildman–Crippen LogP) is 9.61. The number of likely N-dealkylation sites (tertiary alicyclic amines) is 2. The van der Waals surface area contributed by atoms with Crippen LogP contribution in [0.5, 0.6) is 0 Å². The van der Waals surface area contributed by atoms with Gasteiger partial charge in [0.1, 0.15) is 11.4 Å². The smallest absolute Gasteiger partial charge is 0.444 e. The Morgan fingerprint density at radius 1 is 0.862 bits per heavy atom. The molecule has 58 heavy (non-hydrogen) atoms. The summed E-state index contributed by atoms with van der Waals surface area (Å²) in [6.07, 6.45) is 17.3. The Morgan fingerprint density at radius 2 is 1.47 bits per heavy atom. The van der Waals surface area contributed by atoms with Crippen molar-refractivity contribution in [3.63, 3.8) is 0 Å². The van der Waals surface area contributed by atoms with Crippen LogP contribution in [0.15, 0.2) is 30.5 Å². The van der Waals surface area contributed by atoms with Crippen LogP contribution in [-0.2, 0) is 39.7 Å². The summed E-state index contributed by atoms with van der Waals surface area (Å²) < 4.78 is 19.8. The van der Waals surface area contributed by atoms with Crippen molar-refractivity contribution in [1.29, 1.82) is 0 Å². The zero-order chi connectivity index (χ0) is 40.6. The van der Waals surface area contributed by atoms with Gasteiger partial charge in [-0.05, 0) is 194 Å². The van der Waals surface area contributed by atoms with E-state index in [0.717, 1.165) is 69.6 Å². The fraction of sp³-hybridized carbons (Fsp3) is 0.673. The molecule has 2 spiro atoms. The molecule has 3 aliphatic heterocycles. The highest BCUT2D eigenvalue weighted by Crippen LogP contribution is 2.55. The summed E-state index contributed by atoms with van der Waals surface area (Å²) in [5.41, 5.74) is 11.9. The summed E-state index contributed by atoms with van der Waals surface area (Å²) in [6, 6.07) is 9.81. The third kappa shape index (κ3) is 6.17. The average molecular weight is 787 g/mol. The molecule has 4 atom stereocenters. The van der Waals surface area contributed by atoms with Crippen molar-refractivity contribution in [2.24, 2.45) is 22.7 Å². The first-order valence-electron chi connectivity index (χ1n) is 22.9. The van der Waals surface area contributed by atoms with E-state index < -0.39 is 11.2 Å². The second-order valence-corrected chi connectivity index (χ2v) is 22.1. The number of piperidine rings is 2. The van der Waals surface area contributed by atoms with Crippen LogP contribution in [0.4, 0.5) is 4.79 Å². The van der Waals surface area contributed by atoms with E-state index in [9.17, 15) is 4.79 Å². The number of benzene rings is 2. The van der Waals surface area contributed by atoms with Gasteiger partial charge < -0.3 is 23.9 Å². The summed E-state index contributed by atoms with van der Waals surface area (Å²) in [5, 5.41) is 0. The fourth-order valence-electron chi connectivity index (χ4n) is 13.0. The second-order valence-electron chi connectivity index (χ2n) is 22.1. The van der Waals surface area contributed by atoms with Crippen LogP contribution >= 0.6 is 0 Å². The van der Waals surface area contributed by atoms with Gasteiger partial charge in [0.15, 0.2) is 0 Å². The van der Waals surface area contributed by atoms with Gasteiger partial charge in [-0.2, -0.15) is 0 Å². The molecule has 8 nitrogen and oxygen atoms in total. The molecule has 1 amide bonds. The first-order chi connectivity index (χ1) is 27.5. The zero-order valence-corrected chi connectivity index (χ0v) is 36.9. The van der Waals surface area contributed by atoms with Crippen molar-refractivity contribution in [1.82, 2.24) is 19.8 Å². The Bertz CT molecular complexity index is 2120. The quantitative estimate of drug-likeness (QED) is 0.260. The molecule has 2 aromatic carbocycles. The van der Waals surface area contributed by atoms with E-state index in [1.54, 1.807) is 5.56 Å². The summed E-state index contributed by atoms with van der Waals surface area (Å²) in [7, 11) is 1.92. The molecule has 4 heterocycles. The first-order valence-corrected chi connectivity index (χ1v) is 22.9. The number of ether oxygens (including phenoxy) is 1. The summed E-state index contributed by atoms with van der Waals surface area (Å²) in [6.45, 7) is 19.3. The topological polar surface area (TPSA) is 79.9 Å². The lowest BCUT2D eigenvalue weighted by molar-refractivity contribution is -0.0435. The van der Waals surface area contributed by atoms with Crippen molar-refractivity contribution in [3.8, 4) is 22.4 Å². The van der Waals surface area contributed by atoms with E-state index in [-0.39, 0.29) is 36.3 Å². The number of hydrogen-bond acceptors (Lipinski definition) is 6. The molecule has 10 rings (SSSR count). The van der Waals surface area contributed by atoms with E-state index in [0.29, 0.717) is 17.3 Å². The van der Waals surface area contributed by atoms with Crippen LogP contribution in [0, 0.1) is 22.7 Å². The summed E-state index contributed by atoms with van der Waals surface area (Å²) in [5.74, 6) is 1.64. The fourth-order valence-corrected chi connectivity index (χ4v) is 13.0. The number of nitrogens with zero attached hydrogens (tertiary/aromatic N) is 3. The molecule has 3 aromatic rings. The molecule has 4 aliphatic carbocycles. The molecule has 3 unspecified atom stereocenters. The minimum Gasteiger partial charge on any atom is -0.444 e. The normalized spacial score (nSPS) is 29.4. The van der Waals surface area contributed by atoms with E-state index in [1.165, 1.54) is 77.4 Å². The van der Waals surface area contributed by atoms with Gasteiger partial charge in [0.2, 0.25) is 0 Å². The summed E-state index contributed by atoms with van der Waals surface area (Å²) >= 11 is 0. The maximum absolute atomic E-state index is 13.6. The number of carbonyl (C=O) groups is 1. The minimum atomic E-state index is -0.535. The lowest BCUT2D eigenvalue weighted by Crippen LogP contribution is -2.48. The third-order valence-corrected chi connectivity index (χ3v) is 16.8. The SMILES string of the molecule is CC(C)C1(C)OB(c2ccc(-c3ccc(-c4cnc([C@@H]5C6CCC(C6)N5C(=O)OC(C)(C)C)[nH]4)c4c3CC3(CCN(C)CC3)C4)c3c2CC2(CCCC2)C3)OC1(C)C. The molecule has 1 aromatic heterocycles. The maximum Gasteiger partial charge on any atom is 0.495 e. The van der Waals surface area contributed by atoms with Crippen LogP contribution in [0.2, 0.25) is 0 Å². The molecule has 5 fully saturated rings. The van der Waals surface area contributed by atoms with Gasteiger partial charge in [0.25, 0.3) is 0 Å². The lowest BCUT2D eigenvalue weighted by atomic mass is 9.73. The average Bonchev–Trinajstić information content (AvgIpc) is 4.03. The van der Waals surface area contributed by atoms with Gasteiger partial charge in [0.05, 0.1) is 29.1 Å². The van der Waals surface area contributed by atoms with Gasteiger partial charge in [-0.3, -0.25) is 4.90 Å². The number of amides is 1. The van der Waals surface area contributed by atoms with Crippen molar-refractivity contribution in [2.75, 3.05) is 20.1 Å². The molecule has 2 bridgehead atoms. The van der Waals surface area contributed by atoms with Crippen molar-refractivity contribution in [3.05, 3.63) is 58.5 Å². The zero-order valence-electron chi connectivity index (χ0n) is 36.9. The van der Waals surface area contributed by atoms with Crippen molar-refractivity contribution < 1.29 is 18.8 Å². The molecule has 0 radical (unpaired) electrons. The van der Waals surface area contributed by atoms with Crippen molar-refractivity contribution in [2.45, 2.75) is 168 Å². The monoisotopic (exact) mass is 787 g/mol. The Labute approximate surface area is 347 Å². The molecular formula is C49H67BN4O4. The molecule has 1 N–H and O–H groups in total. The van der Waals surface area contributed by atoms with Crippen LogP contribution in [-0.4, -0.2) is 76.0 Å². The number of imidazole rings is 1. The Balaban J connectivity index is 1.05. The second kappa shape index (κ2) is 13.4. The predicted molar refractivity (Wildman–Crippen MR) is 231 cm³/mol. The van der Waals surface area contributed by atoms with Crippen LogP contribution in [0.1, 0.15) is 147 Å². The van der Waals surface area contributed by atoms with Gasteiger partial charge in [-0.1, -0.05) is 51.0 Å². The van der Waals surface area contributed by atoms with Gasteiger partial charge in [0, 0.05) is 11.6 Å². The number of carbonyl (C=O) groups excluding carboxylic acids is 1. The molecule has 3 saturated heterocycles. The van der Waals surface area contributed by atoms with Crippen molar-refractivity contribution >= 4 is 18.7 Å². The molecule has 7 aliphatic rings. The van der Waals surface area contributed by atoms with Gasteiger partial charge >= 0.3 is 13.2 Å². The first kappa shape index (κ1) is 39.0. The van der Waals surface area contributed by atoms with Crippen LogP contribution < -0.4 is 5.46 Å². The van der Waals surface area contributed by atoms with E-state index >= 15 is 0 Å². The standard InChI is InChI=1S/C49H67BN4O4/c1-30(2)47(8)46(6,7)57-50(58-47)40-17-16-34(37-26-48(28-39(37)40)18-10-11-19-48)33-14-15-35(38-27-49(25-36(33)38)20-22-53(9)23-21-49)41-29-51-43(52-41)42-31-12-13-32(24-31)54(42)44(55)56-45(3,4)5/h14-17,29-32,42H,10-13,18-28H2,1-9H3,(H,51,52)/t31?,32?,42-,47?/m0/s1. The molecule has 2 saturated carbocycles. The van der Waals surface area contributed by atoms with Gasteiger partial charge in [-0.25, -0.2) is 9.78 Å². The van der Waals surface area contributed by atoms with Crippen LogP contribution in [0.3, 0.4) is 0 Å². The largest absolute Gasteiger partial charge is 0.495 e. The Kier molecular flexibility index (Phi) is 9.04. The number of hydrogen-bond donors (Lipinski definition) is 1. The molecular weight excluding hydrogens is 719 g/mol. The third-order valence-electron chi connectivity index (χ3n) is 16.8. The Morgan fingerprint density at radius 3 is 2.12 bits per heavy atom. The highest BCUT2D eigenvalue weighted by molar-refractivity contribution is 6.62. The highest BCUT2D eigenvalue weighted by atomic mass is 16.7. The van der Waals surface area contributed by atoms with E-state index in [4.69, 9.17) is 19.0 Å². The molecule has 310 valence electrons. The number of fused-ring (bicyclic) bond motifs is 4. The van der Waals surface area contributed by atoms with Crippen LogP contribution in [0.25, 0.3) is 22.4 Å². The number of aromatic amines is 1. The van der Waals surface area contributed by atoms with E-state index in [2.05, 4.69) is 75.8 Å². The number of nitrogens with one attached hydrogen (secondary N) is 1. The van der Waals surface area contributed by atoms with Gasteiger partial charge in [-0.15, -0.1) is 0 Å². The number of H-pyrrole nitrogens is 1. The summed E-state index contributed by atoms with van der Waals surface area (Å²) in [4.78, 5) is 27.0. The molecule has 9 heteroatoms. The maximum atomic E-state index is 13.6. The highest BCUT2D eigenvalue weighted by Gasteiger charge is 2.57. The number of rotatable bonds is 5. The minimum absolute atomic E-state index is 0.0734. The van der Waals surface area contributed by atoms with E-state index in [1.807, 2.05) is 31.9 Å². The lowest BCUT2D eigenvalue weighted by Gasteiger charge is -2.39. The Hall–Kier alpha value is -3.14.